The van der Waals surface area contributed by atoms with Crippen molar-refractivity contribution >= 4 is 76.0 Å². The van der Waals surface area contributed by atoms with Crippen LogP contribution in [-0.2, 0) is 9.47 Å². The van der Waals surface area contributed by atoms with E-state index < -0.39 is 11.8 Å². The second-order valence-electron chi connectivity index (χ2n) is 17.2. The van der Waals surface area contributed by atoms with E-state index in [0.717, 1.165) is 32.2 Å². The maximum atomic E-state index is 12.7. The van der Waals surface area contributed by atoms with Gasteiger partial charge in [-0.1, -0.05) is 11.6 Å². The number of halogens is 1. The number of primary amides is 2. The molecule has 9 N–H and O–H groups in total. The van der Waals surface area contributed by atoms with E-state index in [1.165, 1.54) is 0 Å². The van der Waals surface area contributed by atoms with Crippen molar-refractivity contribution in [3.8, 4) is 0 Å². The predicted octanol–water partition coefficient (Wildman–Crippen LogP) is 2.35. The maximum absolute atomic E-state index is 12.7. The number of carbonyl (C=O) groups is 5. The van der Waals surface area contributed by atoms with Gasteiger partial charge in [0.25, 0.3) is 29.5 Å². The van der Waals surface area contributed by atoms with Gasteiger partial charge in [0.05, 0.1) is 26.4 Å². The van der Waals surface area contributed by atoms with Gasteiger partial charge in [-0.15, -0.1) is 20.4 Å². The van der Waals surface area contributed by atoms with Crippen molar-refractivity contribution in [2.24, 2.45) is 17.2 Å². The number of hydrogen-bond acceptors (Lipinski definition) is 18. The van der Waals surface area contributed by atoms with Crippen LogP contribution in [0.5, 0.6) is 0 Å². The number of nitrogens with zero attached hydrogens (tertiary/aromatic N) is 10. The van der Waals surface area contributed by atoms with Crippen molar-refractivity contribution in [3.05, 3.63) is 106 Å². The maximum Gasteiger partial charge on any atom is 0.273 e. The summed E-state index contributed by atoms with van der Waals surface area (Å²) in [6, 6.07) is 20.4. The molecule has 0 bridgehead atoms. The van der Waals surface area contributed by atoms with Crippen LogP contribution in [-0.4, -0.2) is 161 Å². The predicted molar refractivity (Wildman–Crippen MR) is 263 cm³/mol. The summed E-state index contributed by atoms with van der Waals surface area (Å²) in [6.45, 7) is 6.92. The molecule has 2 aromatic heterocycles. The van der Waals surface area contributed by atoms with Gasteiger partial charge in [0.1, 0.15) is 0 Å². The fraction of sp³-hybridized carbons (Fsp3) is 0.383. The fourth-order valence-electron chi connectivity index (χ4n) is 8.31. The summed E-state index contributed by atoms with van der Waals surface area (Å²) >= 11 is 5.93. The number of piperidine rings is 2. The minimum atomic E-state index is -0.778. The Morgan fingerprint density at radius 3 is 1.45 bits per heavy atom. The van der Waals surface area contributed by atoms with Crippen LogP contribution in [0, 0.1) is 0 Å². The van der Waals surface area contributed by atoms with Crippen LogP contribution in [0.4, 0.5) is 34.9 Å². The molecule has 24 heteroatoms. The Bertz CT molecular complexity index is 2690. The van der Waals surface area contributed by atoms with Gasteiger partial charge in [0, 0.05) is 97.5 Å². The molecule has 5 amide bonds. The number of anilines is 6. The second-order valence-corrected chi connectivity index (χ2v) is 17.6. The highest BCUT2D eigenvalue weighted by Crippen LogP contribution is 2.25. The lowest BCUT2D eigenvalue weighted by molar-refractivity contribution is 0.0301. The molecule has 4 saturated heterocycles. The van der Waals surface area contributed by atoms with Gasteiger partial charge < -0.3 is 62.2 Å². The summed E-state index contributed by atoms with van der Waals surface area (Å²) in [7, 11) is 0. The van der Waals surface area contributed by atoms with E-state index in [1.54, 1.807) is 82.6 Å². The lowest BCUT2D eigenvalue weighted by Gasteiger charge is -2.33. The van der Waals surface area contributed by atoms with Crippen LogP contribution in [0.1, 0.15) is 77.7 Å². The Morgan fingerprint density at radius 2 is 1.00 bits per heavy atom. The highest BCUT2D eigenvalue weighted by atomic mass is 35.5. The van der Waals surface area contributed by atoms with Crippen LogP contribution in [0.25, 0.3) is 0 Å². The molecule has 4 aliphatic heterocycles. The minimum Gasteiger partial charge on any atom is -0.378 e. The molecule has 6 heterocycles. The summed E-state index contributed by atoms with van der Waals surface area (Å²) in [6.07, 6.45) is 3.48. The number of nitrogens with two attached hydrogens (primary N) is 3. The second kappa shape index (κ2) is 23.3. The zero-order valence-electron chi connectivity index (χ0n) is 38.8. The number of morpholine rings is 2. The van der Waals surface area contributed by atoms with E-state index >= 15 is 0 Å². The molecule has 0 saturated carbocycles. The van der Waals surface area contributed by atoms with Crippen LogP contribution >= 0.6 is 11.6 Å². The first kappa shape index (κ1) is 49.8. The van der Waals surface area contributed by atoms with Gasteiger partial charge in [0.2, 0.25) is 11.9 Å². The number of amides is 5. The third-order valence-corrected chi connectivity index (χ3v) is 12.3. The number of hydrogen-bond donors (Lipinski definition) is 6. The molecule has 23 nitrogen and oxygen atoms in total. The molecule has 5 aromatic rings. The molecular formula is C47H55ClN16O7. The van der Waals surface area contributed by atoms with E-state index in [1.807, 2.05) is 9.80 Å². The van der Waals surface area contributed by atoms with Crippen molar-refractivity contribution < 1.29 is 33.4 Å². The van der Waals surface area contributed by atoms with Gasteiger partial charge in [-0.2, -0.15) is 9.97 Å². The summed E-state index contributed by atoms with van der Waals surface area (Å²) < 4.78 is 10.6. The Morgan fingerprint density at radius 1 is 0.563 bits per heavy atom. The minimum absolute atomic E-state index is 0.0416. The zero-order chi connectivity index (χ0) is 49.9. The van der Waals surface area contributed by atoms with Crippen molar-refractivity contribution in [3.63, 3.8) is 0 Å². The molecule has 71 heavy (non-hydrogen) atoms. The molecule has 2 atom stereocenters. The van der Waals surface area contributed by atoms with Gasteiger partial charge in [0.15, 0.2) is 23.0 Å². The zero-order valence-corrected chi connectivity index (χ0v) is 39.6. The summed E-state index contributed by atoms with van der Waals surface area (Å²) in [4.78, 5) is 78.3. The molecule has 372 valence electrons. The largest absolute Gasteiger partial charge is 0.378 e. The Hall–Kier alpha value is -7.60. The Labute approximate surface area is 413 Å². The average Bonchev–Trinajstić information content (AvgIpc) is 3.39. The van der Waals surface area contributed by atoms with Crippen molar-refractivity contribution in [2.75, 3.05) is 99.2 Å². The summed E-state index contributed by atoms with van der Waals surface area (Å²) in [5, 5.41) is 26.0. The van der Waals surface area contributed by atoms with E-state index in [2.05, 4.69) is 46.3 Å². The lowest BCUT2D eigenvalue weighted by Crippen LogP contribution is -2.48. The third-order valence-electron chi connectivity index (χ3n) is 12.1. The van der Waals surface area contributed by atoms with Gasteiger partial charge in [-0.3, -0.25) is 24.0 Å². The SMILES string of the molecule is NC(=O)c1nnc(N2CCC[C@@H](N)C2)nc1Nc1ccc(C(=O)N2CCOCC2)cc1.NC(=O)c1nnc(N2CCC[C@@H](NC(=O)c3ccc(Cl)cc3)C2)nc1Nc1ccc(C(=O)N2CCOCC2)cc1. The van der Waals surface area contributed by atoms with E-state index in [9.17, 15) is 24.0 Å². The van der Waals surface area contributed by atoms with Crippen molar-refractivity contribution in [1.82, 2.24) is 45.5 Å². The van der Waals surface area contributed by atoms with Crippen LogP contribution in [0.3, 0.4) is 0 Å². The van der Waals surface area contributed by atoms with Crippen LogP contribution in [0.2, 0.25) is 5.02 Å². The Balaban J connectivity index is 0.000000197. The fourth-order valence-corrected chi connectivity index (χ4v) is 8.44. The van der Waals surface area contributed by atoms with E-state index in [4.69, 9.17) is 38.3 Å². The summed E-state index contributed by atoms with van der Waals surface area (Å²) in [5.41, 5.74) is 19.7. The molecule has 9 rings (SSSR count). The first-order valence-electron chi connectivity index (χ1n) is 23.3. The van der Waals surface area contributed by atoms with Crippen LogP contribution in [0.15, 0.2) is 72.8 Å². The first-order chi connectivity index (χ1) is 34.4. The summed E-state index contributed by atoms with van der Waals surface area (Å²) in [5.74, 6) is -0.755. The van der Waals surface area contributed by atoms with Crippen molar-refractivity contribution in [2.45, 2.75) is 37.8 Å². The molecule has 0 radical (unpaired) electrons. The third kappa shape index (κ3) is 13.0. The topological polar surface area (TPSA) is 308 Å². The molecule has 0 spiro atoms. The highest BCUT2D eigenvalue weighted by Gasteiger charge is 2.27. The number of rotatable bonds is 12. The average molecular weight is 992 g/mol. The number of carbonyl (C=O) groups excluding carboxylic acids is 5. The molecule has 4 fully saturated rings. The molecular weight excluding hydrogens is 936 g/mol. The van der Waals surface area contributed by atoms with Crippen molar-refractivity contribution in [1.29, 1.82) is 0 Å². The first-order valence-corrected chi connectivity index (χ1v) is 23.7. The smallest absolute Gasteiger partial charge is 0.273 e. The number of aromatic nitrogens is 6. The van der Waals surface area contributed by atoms with E-state index in [0.29, 0.717) is 117 Å². The number of ether oxygens (including phenoxy) is 2. The molecule has 0 unspecified atom stereocenters. The standard InChI is InChI=1S/C27H29ClN8O4.C20H26N8O3/c28-19-7-3-17(4-8-19)25(38)31-21-2-1-11-36(16-21)27-32-24(22(23(29)37)33-34-27)30-20-9-5-18(6-10-20)26(39)35-12-14-40-15-13-35;21-14-2-1-7-28(12-14)20-24-18(16(17(22)29)25-26-20)23-15-5-3-13(4-6-15)19(30)27-8-10-31-11-9-27/h3-10,21H,1-2,11-16H2,(H2,29,37)(H,31,38)(H,30,32,34);3-6,14H,1-2,7-12,21H2,(H2,22,29)(H,23,24,26)/t21-;14-/m11/s1. The lowest BCUT2D eigenvalue weighted by atomic mass is 10.1. The Kier molecular flexibility index (Phi) is 16.4. The quantitative estimate of drug-likeness (QED) is 0.105. The van der Waals surface area contributed by atoms with Crippen LogP contribution < -0.4 is 43.0 Å². The highest BCUT2D eigenvalue weighted by molar-refractivity contribution is 6.30. The normalized spacial score (nSPS) is 18.1. The molecule has 4 aliphatic rings. The molecule has 0 aliphatic carbocycles. The van der Waals surface area contributed by atoms with Gasteiger partial charge >= 0.3 is 0 Å². The van der Waals surface area contributed by atoms with Gasteiger partial charge in [-0.05, 0) is 98.5 Å². The number of nitrogens with one attached hydrogen (secondary N) is 3. The number of benzene rings is 3. The van der Waals surface area contributed by atoms with E-state index in [-0.39, 0.29) is 52.8 Å². The van der Waals surface area contributed by atoms with Gasteiger partial charge in [-0.25, -0.2) is 0 Å². The monoisotopic (exact) mass is 990 g/mol. The molecule has 3 aromatic carbocycles.